The van der Waals surface area contributed by atoms with Crippen LogP contribution in [0.25, 0.3) is 29.6 Å². The summed E-state index contributed by atoms with van der Waals surface area (Å²) in [5, 5.41) is 2.63. The van der Waals surface area contributed by atoms with E-state index in [1.807, 2.05) is 36.5 Å². The molecule has 4 rings (SSSR count). The first-order chi connectivity index (χ1) is 16.6. The number of carbonyl (C=O) groups is 2. The number of aryl methyl sites for hydroxylation is 2. The lowest BCUT2D eigenvalue weighted by Crippen LogP contribution is -2.05. The summed E-state index contributed by atoms with van der Waals surface area (Å²) in [6.07, 6.45) is 6.09. The number of hydrogen-bond acceptors (Lipinski definition) is 6. The number of esters is 2. The second-order valence-electron chi connectivity index (χ2n) is 8.67. The lowest BCUT2D eigenvalue weighted by atomic mass is 10.1. The molecule has 0 spiro atoms. The molecule has 0 aliphatic heterocycles. The van der Waals surface area contributed by atoms with Gasteiger partial charge >= 0.3 is 11.9 Å². The van der Waals surface area contributed by atoms with Crippen molar-refractivity contribution in [1.29, 1.82) is 0 Å². The molecule has 0 aliphatic carbocycles. The smallest absolute Gasteiger partial charge is 0.305 e. The highest BCUT2D eigenvalue weighted by molar-refractivity contribution is 7.36. The van der Waals surface area contributed by atoms with Crippen molar-refractivity contribution < 1.29 is 19.1 Å². The number of fused-ring (bicyclic) bond motifs is 5. The van der Waals surface area contributed by atoms with E-state index in [1.54, 1.807) is 0 Å². The zero-order valence-electron chi connectivity index (χ0n) is 20.0. The highest BCUT2D eigenvalue weighted by Crippen LogP contribution is 2.44. The Balaban J connectivity index is 1.42. The predicted molar refractivity (Wildman–Crippen MR) is 143 cm³/mol. The van der Waals surface area contributed by atoms with Crippen LogP contribution in [0, 0.1) is 0 Å². The van der Waals surface area contributed by atoms with Gasteiger partial charge in [0.2, 0.25) is 0 Å². The van der Waals surface area contributed by atoms with Gasteiger partial charge in [-0.05, 0) is 61.8 Å². The third-order valence-corrected chi connectivity index (χ3v) is 8.34. The third-order valence-electron chi connectivity index (χ3n) is 5.84. The molecule has 2 aromatic heterocycles. The number of benzene rings is 2. The molecule has 0 atom stereocenters. The Bertz CT molecular complexity index is 1180. The molecule has 0 unspecified atom stereocenters. The monoisotopic (exact) mass is 496 g/mol. The van der Waals surface area contributed by atoms with E-state index in [4.69, 9.17) is 9.47 Å². The first-order valence-electron chi connectivity index (χ1n) is 12.3. The van der Waals surface area contributed by atoms with Gasteiger partial charge in [0.1, 0.15) is 0 Å². The fraction of sp³-hybridized carbons (Fsp3) is 0.429. The molecule has 4 nitrogen and oxygen atoms in total. The van der Waals surface area contributed by atoms with Gasteiger partial charge in [0.05, 0.1) is 22.6 Å². The molecule has 0 N–H and O–H groups in total. The topological polar surface area (TPSA) is 52.6 Å². The van der Waals surface area contributed by atoms with Crippen LogP contribution in [0.5, 0.6) is 0 Å². The molecule has 0 amide bonds. The van der Waals surface area contributed by atoms with Gasteiger partial charge in [-0.25, -0.2) is 0 Å². The maximum absolute atomic E-state index is 11.7. The Hall–Kier alpha value is -2.44. The fourth-order valence-electron chi connectivity index (χ4n) is 4.11. The van der Waals surface area contributed by atoms with E-state index in [1.165, 1.54) is 40.7 Å². The Morgan fingerprint density at radius 1 is 0.706 bits per heavy atom. The van der Waals surface area contributed by atoms with E-state index >= 15 is 0 Å². The molecule has 2 heterocycles. The van der Waals surface area contributed by atoms with E-state index in [0.717, 1.165) is 38.5 Å². The average Bonchev–Trinajstić information content (AvgIpc) is 3.36. The summed E-state index contributed by atoms with van der Waals surface area (Å²) >= 11 is 3.71. The average molecular weight is 497 g/mol. The van der Waals surface area contributed by atoms with Gasteiger partial charge in [-0.2, -0.15) is 0 Å². The van der Waals surface area contributed by atoms with Crippen molar-refractivity contribution in [2.45, 2.75) is 65.2 Å². The minimum Gasteiger partial charge on any atom is -0.466 e. The van der Waals surface area contributed by atoms with Gasteiger partial charge < -0.3 is 9.47 Å². The Morgan fingerprint density at radius 2 is 1.15 bits per heavy atom. The zero-order chi connectivity index (χ0) is 23.9. The summed E-state index contributed by atoms with van der Waals surface area (Å²) in [5.74, 6) is -0.191. The molecule has 6 heteroatoms. The molecule has 4 aromatic rings. The Labute approximate surface area is 208 Å². The normalized spacial score (nSPS) is 11.5. The van der Waals surface area contributed by atoms with E-state index < -0.39 is 0 Å². The van der Waals surface area contributed by atoms with E-state index in [9.17, 15) is 9.59 Å². The highest BCUT2D eigenvalue weighted by Gasteiger charge is 2.13. The fourth-order valence-corrected chi connectivity index (χ4v) is 6.89. The van der Waals surface area contributed by atoms with Gasteiger partial charge in [0.25, 0.3) is 0 Å². The zero-order valence-corrected chi connectivity index (χ0v) is 21.6. The number of hydrogen-bond donors (Lipinski definition) is 0. The first-order valence-corrected chi connectivity index (χ1v) is 13.9. The van der Waals surface area contributed by atoms with Crippen LogP contribution in [0.2, 0.25) is 0 Å². The second kappa shape index (κ2) is 11.8. The van der Waals surface area contributed by atoms with Gasteiger partial charge in [-0.3, -0.25) is 9.59 Å². The number of ether oxygens (including phenoxy) is 2. The van der Waals surface area contributed by atoms with Gasteiger partial charge in [0.15, 0.2) is 0 Å². The predicted octanol–water partition coefficient (Wildman–Crippen LogP) is 7.82. The van der Waals surface area contributed by atoms with Crippen molar-refractivity contribution >= 4 is 64.2 Å². The summed E-state index contributed by atoms with van der Waals surface area (Å²) in [7, 11) is 0. The van der Waals surface area contributed by atoms with Crippen LogP contribution in [0.1, 0.15) is 63.5 Å². The van der Waals surface area contributed by atoms with Crippen LogP contribution in [-0.4, -0.2) is 25.2 Å². The maximum Gasteiger partial charge on any atom is 0.305 e. The van der Waals surface area contributed by atoms with Crippen molar-refractivity contribution in [3.63, 3.8) is 0 Å². The summed E-state index contributed by atoms with van der Waals surface area (Å²) in [6.45, 7) is 5.04. The molecule has 2 aromatic carbocycles. The molecule has 0 radical (unpaired) electrons. The molecular weight excluding hydrogens is 464 g/mol. The minimum atomic E-state index is -0.0955. The lowest BCUT2D eigenvalue weighted by molar-refractivity contribution is -0.144. The van der Waals surface area contributed by atoms with Crippen molar-refractivity contribution in [3.8, 4) is 0 Å². The SMILES string of the molecule is CCCOC(=O)CCCc1ccc2c(c1)sc1c3ccc(CCCC(=O)OCCC)cc3sc21. The summed E-state index contributed by atoms with van der Waals surface area (Å²) in [4.78, 5) is 23.4. The molecule has 180 valence electrons. The standard InChI is InChI=1S/C28H32O4S2/c1-3-15-31-25(29)9-5-7-19-11-13-21-23(17-19)33-28-22-14-12-20(18-24(22)34-27(21)28)8-6-10-26(30)32-16-4-2/h11-14,17-18H,3-10,15-16H2,1-2H3. The quantitative estimate of drug-likeness (QED) is 0.188. The highest BCUT2D eigenvalue weighted by atomic mass is 32.1. The molecule has 0 saturated carbocycles. The van der Waals surface area contributed by atoms with Gasteiger partial charge in [-0.15, -0.1) is 22.7 Å². The van der Waals surface area contributed by atoms with Crippen LogP contribution < -0.4 is 0 Å². The van der Waals surface area contributed by atoms with E-state index in [-0.39, 0.29) is 11.9 Å². The van der Waals surface area contributed by atoms with Crippen molar-refractivity contribution in [3.05, 3.63) is 47.5 Å². The van der Waals surface area contributed by atoms with Crippen LogP contribution in [0.3, 0.4) is 0 Å². The Kier molecular flexibility index (Phi) is 8.57. The summed E-state index contributed by atoms with van der Waals surface area (Å²) in [6, 6.07) is 13.4. The molecule has 0 aliphatic rings. The minimum absolute atomic E-state index is 0.0955. The lowest BCUT2D eigenvalue weighted by Gasteiger charge is -2.04. The largest absolute Gasteiger partial charge is 0.466 e. The maximum atomic E-state index is 11.7. The third kappa shape index (κ3) is 5.97. The van der Waals surface area contributed by atoms with E-state index in [2.05, 4.69) is 36.4 Å². The molecule has 0 fully saturated rings. The number of thiophene rings is 2. The van der Waals surface area contributed by atoms with Gasteiger partial charge in [-0.1, -0.05) is 38.1 Å². The van der Waals surface area contributed by atoms with Crippen LogP contribution >= 0.6 is 22.7 Å². The van der Waals surface area contributed by atoms with Gasteiger partial charge in [0, 0.05) is 33.0 Å². The molecule has 34 heavy (non-hydrogen) atoms. The molecule has 0 bridgehead atoms. The second-order valence-corrected chi connectivity index (χ2v) is 10.8. The number of rotatable bonds is 12. The van der Waals surface area contributed by atoms with Crippen molar-refractivity contribution in [1.82, 2.24) is 0 Å². The van der Waals surface area contributed by atoms with Crippen LogP contribution in [-0.2, 0) is 31.9 Å². The van der Waals surface area contributed by atoms with Crippen LogP contribution in [0.15, 0.2) is 36.4 Å². The summed E-state index contributed by atoms with van der Waals surface area (Å²) in [5.41, 5.74) is 2.54. The van der Waals surface area contributed by atoms with Crippen LogP contribution in [0.4, 0.5) is 0 Å². The van der Waals surface area contributed by atoms with Crippen molar-refractivity contribution in [2.75, 3.05) is 13.2 Å². The molecule has 0 saturated heterocycles. The van der Waals surface area contributed by atoms with Crippen molar-refractivity contribution in [2.24, 2.45) is 0 Å². The molecular formula is C28H32O4S2. The number of carbonyl (C=O) groups excluding carboxylic acids is 2. The summed E-state index contributed by atoms with van der Waals surface area (Å²) < 4.78 is 15.7. The Morgan fingerprint density at radius 3 is 1.56 bits per heavy atom. The first kappa shape index (κ1) is 24.7. The van der Waals surface area contributed by atoms with E-state index in [0.29, 0.717) is 26.1 Å².